The van der Waals surface area contributed by atoms with Crippen LogP contribution >= 0.6 is 0 Å². The third-order valence-electron chi connectivity index (χ3n) is 3.56. The van der Waals surface area contributed by atoms with E-state index < -0.39 is 0 Å². The van der Waals surface area contributed by atoms with E-state index in [-0.39, 0.29) is 0 Å². The van der Waals surface area contributed by atoms with Crippen molar-refractivity contribution in [2.75, 3.05) is 13.1 Å². The summed E-state index contributed by atoms with van der Waals surface area (Å²) in [4.78, 5) is 0. The Hall–Kier alpha value is -0.830. The first-order valence-corrected chi connectivity index (χ1v) is 6.04. The molecule has 0 bridgehead atoms. The molecular weight excluding hydrogens is 186 g/mol. The van der Waals surface area contributed by atoms with E-state index in [2.05, 4.69) is 23.5 Å². The Morgan fingerprint density at radius 1 is 1.47 bits per heavy atom. The van der Waals surface area contributed by atoms with E-state index in [9.17, 15) is 0 Å². The monoisotopic (exact) mass is 207 g/mol. The average Bonchev–Trinajstić information content (AvgIpc) is 2.80. The van der Waals surface area contributed by atoms with Crippen molar-refractivity contribution in [3.8, 4) is 0 Å². The third-order valence-corrected chi connectivity index (χ3v) is 3.56. The van der Waals surface area contributed by atoms with Gasteiger partial charge in [0.05, 0.1) is 0 Å². The lowest BCUT2D eigenvalue weighted by Gasteiger charge is -2.28. The van der Waals surface area contributed by atoms with Gasteiger partial charge < -0.3 is 5.32 Å². The van der Waals surface area contributed by atoms with Crippen molar-refractivity contribution in [2.45, 2.75) is 32.7 Å². The number of rotatable bonds is 4. The second-order valence-corrected chi connectivity index (χ2v) is 4.62. The van der Waals surface area contributed by atoms with E-state index in [1.54, 1.807) is 0 Å². The van der Waals surface area contributed by atoms with E-state index in [4.69, 9.17) is 0 Å². The lowest BCUT2D eigenvalue weighted by Crippen LogP contribution is -2.31. The first kappa shape index (κ1) is 10.7. The van der Waals surface area contributed by atoms with Gasteiger partial charge in [-0.05, 0) is 50.3 Å². The highest BCUT2D eigenvalue weighted by Crippen LogP contribution is 2.24. The minimum Gasteiger partial charge on any atom is -0.317 e. The van der Waals surface area contributed by atoms with Crippen molar-refractivity contribution in [1.29, 1.82) is 0 Å². The maximum atomic E-state index is 4.24. The summed E-state index contributed by atoms with van der Waals surface area (Å²) in [6.07, 6.45) is 7.86. The highest BCUT2D eigenvalue weighted by atomic mass is 15.3. The van der Waals surface area contributed by atoms with Crippen molar-refractivity contribution in [3.05, 3.63) is 18.5 Å². The summed E-state index contributed by atoms with van der Waals surface area (Å²) in [5.74, 6) is 1.75. The fourth-order valence-corrected chi connectivity index (χ4v) is 2.42. The van der Waals surface area contributed by atoms with Crippen molar-refractivity contribution < 1.29 is 0 Å². The number of hydrogen-bond donors (Lipinski definition) is 1. The van der Waals surface area contributed by atoms with Crippen LogP contribution in [0.1, 0.15) is 26.2 Å². The molecule has 0 spiro atoms. The van der Waals surface area contributed by atoms with Crippen LogP contribution in [0.25, 0.3) is 0 Å². The van der Waals surface area contributed by atoms with Crippen LogP contribution in [0, 0.1) is 11.8 Å². The molecule has 1 saturated heterocycles. The molecule has 0 amide bonds. The van der Waals surface area contributed by atoms with Crippen LogP contribution in [0.4, 0.5) is 0 Å². The maximum absolute atomic E-state index is 4.24. The second kappa shape index (κ2) is 5.31. The van der Waals surface area contributed by atoms with E-state index in [1.807, 2.05) is 16.9 Å². The van der Waals surface area contributed by atoms with Gasteiger partial charge in [0, 0.05) is 18.9 Å². The topological polar surface area (TPSA) is 29.9 Å². The molecule has 1 aromatic heterocycles. The molecule has 0 aromatic carbocycles. The van der Waals surface area contributed by atoms with Crippen LogP contribution in [0.2, 0.25) is 0 Å². The predicted molar refractivity (Wildman–Crippen MR) is 61.6 cm³/mol. The zero-order valence-corrected chi connectivity index (χ0v) is 9.52. The molecule has 0 saturated carbocycles. The summed E-state index contributed by atoms with van der Waals surface area (Å²) < 4.78 is 2.04. The normalized spacial score (nSPS) is 20.3. The van der Waals surface area contributed by atoms with E-state index >= 15 is 0 Å². The van der Waals surface area contributed by atoms with Gasteiger partial charge in [-0.1, -0.05) is 6.92 Å². The Balaban J connectivity index is 1.74. The summed E-state index contributed by atoms with van der Waals surface area (Å²) in [7, 11) is 0. The van der Waals surface area contributed by atoms with Crippen molar-refractivity contribution in [3.63, 3.8) is 0 Å². The molecule has 1 aliphatic rings. The molecule has 1 fully saturated rings. The molecule has 0 aliphatic carbocycles. The Bertz CT molecular complexity index is 262. The number of nitrogens with zero attached hydrogens (tertiary/aromatic N) is 2. The summed E-state index contributed by atoms with van der Waals surface area (Å²) in [6.45, 7) is 5.87. The lowest BCUT2D eigenvalue weighted by molar-refractivity contribution is 0.253. The largest absolute Gasteiger partial charge is 0.317 e. The molecule has 0 radical (unpaired) electrons. The molecule has 1 atom stereocenters. The van der Waals surface area contributed by atoms with Crippen LogP contribution in [0.5, 0.6) is 0 Å². The number of piperidine rings is 1. The molecule has 1 aliphatic heterocycles. The van der Waals surface area contributed by atoms with Gasteiger partial charge in [0.15, 0.2) is 0 Å². The summed E-state index contributed by atoms with van der Waals surface area (Å²) in [5.41, 5.74) is 0. The third kappa shape index (κ3) is 3.06. The zero-order valence-electron chi connectivity index (χ0n) is 9.52. The lowest BCUT2D eigenvalue weighted by atomic mass is 9.84. The molecular formula is C12H21N3. The number of aromatic nitrogens is 2. The molecule has 3 nitrogen and oxygen atoms in total. The molecule has 2 heterocycles. The van der Waals surface area contributed by atoms with Gasteiger partial charge in [-0.2, -0.15) is 5.10 Å². The van der Waals surface area contributed by atoms with Crippen LogP contribution in [0.15, 0.2) is 18.5 Å². The smallest absolute Gasteiger partial charge is 0.0489 e. The Morgan fingerprint density at radius 2 is 2.27 bits per heavy atom. The van der Waals surface area contributed by atoms with Crippen LogP contribution in [-0.4, -0.2) is 22.9 Å². The van der Waals surface area contributed by atoms with E-state index in [0.717, 1.165) is 18.4 Å². The van der Waals surface area contributed by atoms with E-state index in [0.29, 0.717) is 0 Å². The van der Waals surface area contributed by atoms with Crippen LogP contribution < -0.4 is 5.32 Å². The first-order valence-electron chi connectivity index (χ1n) is 6.04. The molecule has 2 rings (SSSR count). The molecule has 3 heteroatoms. The molecule has 15 heavy (non-hydrogen) atoms. The van der Waals surface area contributed by atoms with Gasteiger partial charge in [-0.25, -0.2) is 0 Å². The standard InChI is InChI=1S/C12H21N3/c1-11(12-3-7-13-8-4-12)5-10-15-9-2-6-14-15/h2,6,9,11-13H,3-5,7-8,10H2,1H3. The maximum Gasteiger partial charge on any atom is 0.0489 e. The van der Waals surface area contributed by atoms with Crippen molar-refractivity contribution in [1.82, 2.24) is 15.1 Å². The molecule has 1 N–H and O–H groups in total. The summed E-state index contributed by atoms with van der Waals surface area (Å²) in [6, 6.07) is 2.00. The quantitative estimate of drug-likeness (QED) is 0.817. The molecule has 1 unspecified atom stereocenters. The highest BCUT2D eigenvalue weighted by Gasteiger charge is 2.19. The number of aryl methyl sites for hydroxylation is 1. The minimum atomic E-state index is 0.830. The highest BCUT2D eigenvalue weighted by molar-refractivity contribution is 4.78. The summed E-state index contributed by atoms with van der Waals surface area (Å²) >= 11 is 0. The first-order chi connectivity index (χ1) is 7.36. The predicted octanol–water partition coefficient (Wildman–Crippen LogP) is 1.91. The van der Waals surface area contributed by atoms with Gasteiger partial charge in [0.25, 0.3) is 0 Å². The Kier molecular flexibility index (Phi) is 3.78. The number of nitrogens with one attached hydrogen (secondary N) is 1. The van der Waals surface area contributed by atoms with Gasteiger partial charge in [0.1, 0.15) is 0 Å². The Morgan fingerprint density at radius 3 is 2.93 bits per heavy atom. The minimum absolute atomic E-state index is 0.830. The SMILES string of the molecule is CC(CCn1cccn1)C1CCNCC1. The van der Waals surface area contributed by atoms with Crippen LogP contribution in [-0.2, 0) is 6.54 Å². The Labute approximate surface area is 91.9 Å². The molecule has 84 valence electrons. The van der Waals surface area contributed by atoms with Crippen molar-refractivity contribution >= 4 is 0 Å². The average molecular weight is 207 g/mol. The van der Waals surface area contributed by atoms with Gasteiger partial charge in [-0.3, -0.25) is 4.68 Å². The fraction of sp³-hybridized carbons (Fsp3) is 0.750. The van der Waals surface area contributed by atoms with Gasteiger partial charge in [-0.15, -0.1) is 0 Å². The van der Waals surface area contributed by atoms with Gasteiger partial charge >= 0.3 is 0 Å². The molecule has 1 aromatic rings. The van der Waals surface area contributed by atoms with Crippen molar-refractivity contribution in [2.24, 2.45) is 11.8 Å². The van der Waals surface area contributed by atoms with E-state index in [1.165, 1.54) is 32.4 Å². The number of hydrogen-bond acceptors (Lipinski definition) is 2. The zero-order chi connectivity index (χ0) is 10.5. The van der Waals surface area contributed by atoms with Crippen LogP contribution in [0.3, 0.4) is 0 Å². The second-order valence-electron chi connectivity index (χ2n) is 4.62. The van der Waals surface area contributed by atoms with Gasteiger partial charge in [0.2, 0.25) is 0 Å². The fourth-order valence-electron chi connectivity index (χ4n) is 2.42. The summed E-state index contributed by atoms with van der Waals surface area (Å²) in [5, 5.41) is 7.66.